The van der Waals surface area contributed by atoms with Crippen molar-refractivity contribution in [2.24, 2.45) is 0 Å². The quantitative estimate of drug-likeness (QED) is 0.674. The molecule has 0 radical (unpaired) electrons. The molecule has 0 fully saturated rings. The van der Waals surface area contributed by atoms with Gasteiger partial charge in [0.1, 0.15) is 0 Å². The number of hydrogen-bond acceptors (Lipinski definition) is 2. The van der Waals surface area contributed by atoms with Gasteiger partial charge in [0.05, 0.1) is 12.1 Å². The summed E-state index contributed by atoms with van der Waals surface area (Å²) < 4.78 is 39.6. The van der Waals surface area contributed by atoms with Crippen molar-refractivity contribution in [1.29, 1.82) is 0 Å². The summed E-state index contributed by atoms with van der Waals surface area (Å²) in [7, 11) is 0. The Morgan fingerprint density at radius 3 is 2.58 bits per heavy atom. The Labute approximate surface area is 108 Å². The van der Waals surface area contributed by atoms with E-state index in [2.05, 4.69) is 5.92 Å². The molecule has 1 rings (SSSR count). The van der Waals surface area contributed by atoms with Gasteiger partial charge in [0.25, 0.3) is 5.91 Å². The summed E-state index contributed by atoms with van der Waals surface area (Å²) in [6.07, 6.45) is 5.64. The molecule has 19 heavy (non-hydrogen) atoms. The first kappa shape index (κ1) is 14.9. The number of nitrogens with zero attached hydrogens (tertiary/aromatic N) is 1. The molecule has 0 aromatic heterocycles. The molecule has 1 aromatic carbocycles. The van der Waals surface area contributed by atoms with Gasteiger partial charge < -0.3 is 10.0 Å². The second-order valence-electron chi connectivity index (χ2n) is 3.81. The van der Waals surface area contributed by atoms with E-state index in [4.69, 9.17) is 11.5 Å². The van der Waals surface area contributed by atoms with Crippen molar-refractivity contribution in [3.8, 4) is 18.1 Å². The zero-order chi connectivity index (χ0) is 14.6. The molecule has 0 saturated carbocycles. The van der Waals surface area contributed by atoms with Crippen LogP contribution in [0, 0.1) is 29.8 Å². The van der Waals surface area contributed by atoms with E-state index in [1.165, 1.54) is 0 Å². The molecule has 1 aromatic rings. The first-order valence-corrected chi connectivity index (χ1v) is 5.53. The predicted molar refractivity (Wildman–Crippen MR) is 63.0 cm³/mol. The van der Waals surface area contributed by atoms with E-state index in [1.54, 1.807) is 6.92 Å². The van der Waals surface area contributed by atoms with Crippen molar-refractivity contribution in [3.05, 3.63) is 29.1 Å². The van der Waals surface area contributed by atoms with Crippen LogP contribution in [0.4, 0.5) is 13.2 Å². The van der Waals surface area contributed by atoms with Gasteiger partial charge in [0.2, 0.25) is 5.82 Å². The van der Waals surface area contributed by atoms with Crippen molar-refractivity contribution in [2.45, 2.75) is 13.3 Å². The average Bonchev–Trinajstić information content (AvgIpc) is 2.39. The maximum Gasteiger partial charge on any atom is 0.257 e. The Kier molecular flexibility index (Phi) is 4.81. The number of amides is 1. The zero-order valence-corrected chi connectivity index (χ0v) is 10.2. The van der Waals surface area contributed by atoms with Crippen LogP contribution < -0.4 is 0 Å². The fourth-order valence-corrected chi connectivity index (χ4v) is 1.55. The number of aromatic hydroxyl groups is 1. The summed E-state index contributed by atoms with van der Waals surface area (Å²) in [6, 6.07) is 0.409. The van der Waals surface area contributed by atoms with Crippen LogP contribution in [0.2, 0.25) is 0 Å². The first-order valence-electron chi connectivity index (χ1n) is 5.53. The molecule has 0 atom stereocenters. The first-order chi connectivity index (χ1) is 8.93. The minimum atomic E-state index is -1.73. The summed E-state index contributed by atoms with van der Waals surface area (Å²) in [5.74, 6) is -4.92. The van der Waals surface area contributed by atoms with Gasteiger partial charge in [0, 0.05) is 6.54 Å². The van der Waals surface area contributed by atoms with Gasteiger partial charge in [-0.25, -0.2) is 8.78 Å². The fourth-order valence-electron chi connectivity index (χ4n) is 1.55. The molecule has 0 unspecified atom stereocenters. The Morgan fingerprint density at radius 2 is 2.05 bits per heavy atom. The number of carbonyl (C=O) groups is 1. The molecule has 1 amide bonds. The van der Waals surface area contributed by atoms with Crippen LogP contribution in [-0.2, 0) is 0 Å². The van der Waals surface area contributed by atoms with E-state index in [0.717, 1.165) is 4.90 Å². The van der Waals surface area contributed by atoms with Gasteiger partial charge in [-0.05, 0) is 12.5 Å². The van der Waals surface area contributed by atoms with Crippen molar-refractivity contribution >= 4 is 5.91 Å². The molecule has 1 N–H and O–H groups in total. The van der Waals surface area contributed by atoms with Crippen LogP contribution in [0.1, 0.15) is 23.7 Å². The number of phenols is 1. The SMILES string of the molecule is C#CCN(CCC)C(=O)c1cc(F)c(F)c(O)c1F. The van der Waals surface area contributed by atoms with E-state index < -0.39 is 34.7 Å². The van der Waals surface area contributed by atoms with E-state index >= 15 is 0 Å². The second kappa shape index (κ2) is 6.14. The molecule has 6 heteroatoms. The normalized spacial score (nSPS) is 10.1. The molecule has 0 aliphatic heterocycles. The third-order valence-corrected chi connectivity index (χ3v) is 2.43. The average molecular weight is 271 g/mol. The van der Waals surface area contributed by atoms with Crippen molar-refractivity contribution in [3.63, 3.8) is 0 Å². The molecule has 0 heterocycles. The summed E-state index contributed by atoms with van der Waals surface area (Å²) >= 11 is 0. The van der Waals surface area contributed by atoms with Gasteiger partial charge in [0.15, 0.2) is 17.4 Å². The highest BCUT2D eigenvalue weighted by Gasteiger charge is 2.25. The van der Waals surface area contributed by atoms with E-state index in [9.17, 15) is 18.0 Å². The maximum absolute atomic E-state index is 13.6. The van der Waals surface area contributed by atoms with Crippen molar-refractivity contribution in [1.82, 2.24) is 4.90 Å². The lowest BCUT2D eigenvalue weighted by Crippen LogP contribution is -2.33. The van der Waals surface area contributed by atoms with E-state index in [1.807, 2.05) is 0 Å². The third kappa shape index (κ3) is 2.99. The summed E-state index contributed by atoms with van der Waals surface area (Å²) in [5.41, 5.74) is -0.750. The van der Waals surface area contributed by atoms with Crippen LogP contribution in [-0.4, -0.2) is 29.0 Å². The number of rotatable bonds is 4. The highest BCUT2D eigenvalue weighted by molar-refractivity contribution is 5.95. The smallest absolute Gasteiger partial charge is 0.257 e. The molecule has 0 aliphatic carbocycles. The van der Waals surface area contributed by atoms with Crippen LogP contribution >= 0.6 is 0 Å². The number of halogens is 3. The van der Waals surface area contributed by atoms with Crippen molar-refractivity contribution < 1.29 is 23.1 Å². The number of hydrogen-bond donors (Lipinski definition) is 1. The van der Waals surface area contributed by atoms with Gasteiger partial charge >= 0.3 is 0 Å². The number of terminal acetylenes is 1. The molecule has 3 nitrogen and oxygen atoms in total. The fraction of sp³-hybridized carbons (Fsp3) is 0.308. The lowest BCUT2D eigenvalue weighted by atomic mass is 10.1. The van der Waals surface area contributed by atoms with Crippen LogP contribution in [0.25, 0.3) is 0 Å². The predicted octanol–water partition coefficient (Wildman–Crippen LogP) is 2.29. The molecule has 0 aliphatic rings. The van der Waals surface area contributed by atoms with Crippen LogP contribution in [0.5, 0.6) is 5.75 Å². The standard InChI is InChI=1S/C13H12F3NO2/c1-3-5-17(6-4-2)13(19)8-7-9(14)11(16)12(18)10(8)15/h1,7,18H,4-6H2,2H3. The van der Waals surface area contributed by atoms with Gasteiger partial charge in [-0.15, -0.1) is 6.42 Å². The third-order valence-electron chi connectivity index (χ3n) is 2.43. The zero-order valence-electron chi connectivity index (χ0n) is 10.2. The topological polar surface area (TPSA) is 40.5 Å². The summed E-state index contributed by atoms with van der Waals surface area (Å²) in [6.45, 7) is 1.92. The van der Waals surface area contributed by atoms with Crippen LogP contribution in [0.15, 0.2) is 6.07 Å². The summed E-state index contributed by atoms with van der Waals surface area (Å²) in [5, 5.41) is 9.06. The minimum absolute atomic E-state index is 0.0914. The maximum atomic E-state index is 13.6. The van der Waals surface area contributed by atoms with Crippen LogP contribution in [0.3, 0.4) is 0 Å². The molecule has 102 valence electrons. The Bertz CT molecular complexity index is 538. The molecule has 0 spiro atoms. The van der Waals surface area contributed by atoms with Gasteiger partial charge in [-0.1, -0.05) is 12.8 Å². The number of carbonyl (C=O) groups excluding carboxylic acids is 1. The molecule has 0 bridgehead atoms. The summed E-state index contributed by atoms with van der Waals surface area (Å²) in [4.78, 5) is 13.1. The largest absolute Gasteiger partial charge is 0.503 e. The highest BCUT2D eigenvalue weighted by Crippen LogP contribution is 2.26. The lowest BCUT2D eigenvalue weighted by Gasteiger charge is -2.20. The molecular weight excluding hydrogens is 259 g/mol. The van der Waals surface area contributed by atoms with E-state index in [0.29, 0.717) is 12.5 Å². The van der Waals surface area contributed by atoms with E-state index in [-0.39, 0.29) is 13.1 Å². The monoisotopic (exact) mass is 271 g/mol. The molecule has 0 saturated heterocycles. The number of benzene rings is 1. The minimum Gasteiger partial charge on any atom is -0.503 e. The highest BCUT2D eigenvalue weighted by atomic mass is 19.2. The van der Waals surface area contributed by atoms with Crippen molar-refractivity contribution in [2.75, 3.05) is 13.1 Å². The Balaban J connectivity index is 3.22. The Morgan fingerprint density at radius 1 is 1.42 bits per heavy atom. The van der Waals surface area contributed by atoms with Gasteiger partial charge in [-0.3, -0.25) is 4.79 Å². The molecular formula is C13H12F3NO2. The Hall–Kier alpha value is -2.16. The second-order valence-corrected chi connectivity index (χ2v) is 3.81. The number of phenolic OH excluding ortho intramolecular Hbond substituents is 1. The lowest BCUT2D eigenvalue weighted by molar-refractivity contribution is 0.0770. The van der Waals surface area contributed by atoms with Gasteiger partial charge in [-0.2, -0.15) is 4.39 Å².